The molecule has 0 saturated heterocycles. The van der Waals surface area contributed by atoms with E-state index in [1.807, 2.05) is 48.5 Å². The van der Waals surface area contributed by atoms with E-state index in [1.54, 1.807) is 32.9 Å². The Kier molecular flexibility index (Phi) is 8.29. The summed E-state index contributed by atoms with van der Waals surface area (Å²) in [6.45, 7) is 5.25. The third-order valence-electron chi connectivity index (χ3n) is 7.15. The van der Waals surface area contributed by atoms with Crippen LogP contribution in [-0.4, -0.2) is 53.2 Å². The van der Waals surface area contributed by atoms with E-state index < -0.39 is 47.9 Å². The quantitative estimate of drug-likeness (QED) is 0.270. The minimum Gasteiger partial charge on any atom is -0.460 e. The topological polar surface area (TPSA) is 128 Å². The molecule has 222 valence electrons. The van der Waals surface area contributed by atoms with Gasteiger partial charge in [-0.3, -0.25) is 14.4 Å². The van der Waals surface area contributed by atoms with Crippen LogP contribution in [0.25, 0.3) is 11.1 Å². The van der Waals surface area contributed by atoms with Gasteiger partial charge in [-0.2, -0.15) is 0 Å². The van der Waals surface area contributed by atoms with Crippen molar-refractivity contribution in [3.8, 4) is 11.1 Å². The fraction of sp³-hybridized carbons (Fsp3) is 0.303. The van der Waals surface area contributed by atoms with Crippen molar-refractivity contribution in [2.24, 2.45) is 0 Å². The number of alkyl carbamates (subject to hydrolysis) is 1. The number of esters is 1. The minimum atomic E-state index is -0.942. The number of fused-ring (bicyclic) bond motifs is 4. The van der Waals surface area contributed by atoms with E-state index in [1.165, 1.54) is 12.1 Å². The fourth-order valence-corrected chi connectivity index (χ4v) is 5.31. The zero-order valence-corrected chi connectivity index (χ0v) is 24.1. The van der Waals surface area contributed by atoms with Crippen LogP contribution in [0, 0.1) is 0 Å². The van der Waals surface area contributed by atoms with Crippen molar-refractivity contribution in [1.29, 1.82) is 0 Å². The molecule has 1 aliphatic heterocycles. The maximum Gasteiger partial charge on any atom is 0.407 e. The molecule has 43 heavy (non-hydrogen) atoms. The highest BCUT2D eigenvalue weighted by Crippen LogP contribution is 2.44. The molecule has 0 aromatic heterocycles. The van der Waals surface area contributed by atoms with Crippen LogP contribution in [0.1, 0.15) is 77.8 Å². The molecule has 0 spiro atoms. The van der Waals surface area contributed by atoms with Gasteiger partial charge >= 0.3 is 18.0 Å². The third-order valence-corrected chi connectivity index (χ3v) is 7.15. The number of ether oxygens (including phenoxy) is 2. The highest BCUT2D eigenvalue weighted by atomic mass is 16.7. The van der Waals surface area contributed by atoms with Gasteiger partial charge in [-0.05, 0) is 61.6 Å². The molecule has 0 unspecified atom stereocenters. The van der Waals surface area contributed by atoms with Crippen LogP contribution in [0.4, 0.5) is 4.79 Å². The molecule has 2 aliphatic rings. The second-order valence-corrected chi connectivity index (χ2v) is 11.4. The molecule has 3 aromatic carbocycles. The summed E-state index contributed by atoms with van der Waals surface area (Å²) in [5, 5.41) is 3.05. The van der Waals surface area contributed by atoms with Gasteiger partial charge in [-0.1, -0.05) is 65.7 Å². The summed E-state index contributed by atoms with van der Waals surface area (Å²) >= 11 is 0. The van der Waals surface area contributed by atoms with Gasteiger partial charge in [0.15, 0.2) is 0 Å². The first-order valence-electron chi connectivity index (χ1n) is 14.0. The molecule has 10 nitrogen and oxygen atoms in total. The highest BCUT2D eigenvalue weighted by Gasteiger charge is 2.39. The number of imide groups is 1. The Labute approximate surface area is 248 Å². The number of hydroxylamine groups is 2. The molecule has 1 N–H and O–H groups in total. The summed E-state index contributed by atoms with van der Waals surface area (Å²) < 4.78 is 11.0. The fourth-order valence-electron chi connectivity index (χ4n) is 5.31. The smallest absolute Gasteiger partial charge is 0.407 e. The molecule has 0 fully saturated rings. The average Bonchev–Trinajstić information content (AvgIpc) is 3.41. The van der Waals surface area contributed by atoms with Crippen molar-refractivity contribution in [2.45, 2.75) is 57.6 Å². The van der Waals surface area contributed by atoms with E-state index in [9.17, 15) is 24.0 Å². The molecule has 5 rings (SSSR count). The largest absolute Gasteiger partial charge is 0.460 e. The summed E-state index contributed by atoms with van der Waals surface area (Å²) in [6.07, 6.45) is -1.30. The summed E-state index contributed by atoms with van der Waals surface area (Å²) in [6, 6.07) is 21.1. The Morgan fingerprint density at radius 3 is 1.84 bits per heavy atom. The Bertz CT molecular complexity index is 1510. The zero-order valence-electron chi connectivity index (χ0n) is 24.1. The Hall–Kier alpha value is -4.99. The summed E-state index contributed by atoms with van der Waals surface area (Å²) in [5.41, 5.74) is 3.79. The van der Waals surface area contributed by atoms with Crippen molar-refractivity contribution < 1.29 is 38.3 Å². The van der Waals surface area contributed by atoms with E-state index in [0.717, 1.165) is 22.3 Å². The van der Waals surface area contributed by atoms with Gasteiger partial charge in [0.05, 0.1) is 17.5 Å². The van der Waals surface area contributed by atoms with Crippen molar-refractivity contribution in [2.75, 3.05) is 6.61 Å². The lowest BCUT2D eigenvalue weighted by atomic mass is 9.98. The van der Waals surface area contributed by atoms with Crippen molar-refractivity contribution in [1.82, 2.24) is 10.4 Å². The van der Waals surface area contributed by atoms with Gasteiger partial charge in [-0.15, -0.1) is 0 Å². The molecule has 1 aliphatic carbocycles. The number of benzene rings is 3. The van der Waals surface area contributed by atoms with Gasteiger partial charge in [0.1, 0.15) is 12.2 Å². The van der Waals surface area contributed by atoms with Crippen LogP contribution in [0.15, 0.2) is 72.8 Å². The van der Waals surface area contributed by atoms with Gasteiger partial charge in [0.25, 0.3) is 11.8 Å². The normalized spacial score (nSPS) is 14.4. The Morgan fingerprint density at radius 2 is 1.30 bits per heavy atom. The first kappa shape index (κ1) is 29.5. The standard InChI is InChI=1S/C33H32N2O8/c1-33(2,3)42-28(36)17-16-20(18-29(37)43-35-30(38)25-14-8-9-15-26(25)31(35)39)34-32(40)41-19-27-23-12-6-4-10-21(23)22-11-5-7-13-24(22)27/h4-15,20,27H,16-19H2,1-3H3,(H,34,40)/t20-/m0/s1. The molecule has 3 amide bonds. The number of nitrogens with one attached hydrogen (secondary N) is 1. The van der Waals surface area contributed by atoms with Gasteiger partial charge < -0.3 is 19.6 Å². The molecule has 0 radical (unpaired) electrons. The van der Waals surface area contributed by atoms with Gasteiger partial charge in [0.2, 0.25) is 0 Å². The molecular formula is C33H32N2O8. The SMILES string of the molecule is CC(C)(C)OC(=O)CC[C@@H](CC(=O)ON1C(=O)c2ccccc2C1=O)NC(=O)OCC1c2ccccc2-c2ccccc21. The van der Waals surface area contributed by atoms with Gasteiger partial charge in [-0.25, -0.2) is 9.59 Å². The van der Waals surface area contributed by atoms with Crippen molar-refractivity contribution in [3.63, 3.8) is 0 Å². The molecule has 10 heteroatoms. The molecule has 1 atom stereocenters. The zero-order chi connectivity index (χ0) is 30.7. The van der Waals surface area contributed by atoms with E-state index >= 15 is 0 Å². The van der Waals surface area contributed by atoms with E-state index in [2.05, 4.69) is 5.32 Å². The van der Waals surface area contributed by atoms with E-state index in [4.69, 9.17) is 14.3 Å². The second kappa shape index (κ2) is 12.1. The van der Waals surface area contributed by atoms with Crippen LogP contribution in [0.3, 0.4) is 0 Å². The molecular weight excluding hydrogens is 552 g/mol. The second-order valence-electron chi connectivity index (χ2n) is 11.4. The van der Waals surface area contributed by atoms with E-state index in [0.29, 0.717) is 5.06 Å². The molecule has 0 bridgehead atoms. The maximum atomic E-state index is 13.0. The number of nitrogens with zero attached hydrogens (tertiary/aromatic N) is 1. The third kappa shape index (κ3) is 6.58. The predicted molar refractivity (Wildman–Crippen MR) is 155 cm³/mol. The Balaban J connectivity index is 1.23. The first-order chi connectivity index (χ1) is 20.5. The lowest BCUT2D eigenvalue weighted by Crippen LogP contribution is -2.40. The van der Waals surface area contributed by atoms with Crippen LogP contribution in [-0.2, 0) is 23.9 Å². The number of carbonyl (C=O) groups is 5. The van der Waals surface area contributed by atoms with E-state index in [-0.39, 0.29) is 36.5 Å². The highest BCUT2D eigenvalue weighted by molar-refractivity contribution is 6.20. The number of carbonyl (C=O) groups excluding carboxylic acids is 5. The maximum absolute atomic E-state index is 13.0. The summed E-state index contributed by atoms with van der Waals surface area (Å²) in [5.74, 6) is -3.15. The lowest BCUT2D eigenvalue weighted by Gasteiger charge is -2.22. The number of hydrogen-bond acceptors (Lipinski definition) is 8. The monoisotopic (exact) mass is 584 g/mol. The number of amides is 3. The predicted octanol–water partition coefficient (Wildman–Crippen LogP) is 5.16. The summed E-state index contributed by atoms with van der Waals surface area (Å²) in [4.78, 5) is 68.6. The lowest BCUT2D eigenvalue weighted by molar-refractivity contribution is -0.169. The van der Waals surface area contributed by atoms with Crippen LogP contribution in [0.5, 0.6) is 0 Å². The first-order valence-corrected chi connectivity index (χ1v) is 14.0. The number of hydrogen-bond donors (Lipinski definition) is 1. The number of rotatable bonds is 9. The van der Waals surface area contributed by atoms with Crippen molar-refractivity contribution >= 4 is 29.8 Å². The van der Waals surface area contributed by atoms with Crippen molar-refractivity contribution in [3.05, 3.63) is 95.1 Å². The van der Waals surface area contributed by atoms with Crippen LogP contribution >= 0.6 is 0 Å². The van der Waals surface area contributed by atoms with Crippen LogP contribution in [0.2, 0.25) is 0 Å². The van der Waals surface area contributed by atoms with Crippen LogP contribution < -0.4 is 5.32 Å². The molecule has 1 heterocycles. The average molecular weight is 585 g/mol. The molecule has 0 saturated carbocycles. The van der Waals surface area contributed by atoms with Gasteiger partial charge in [0, 0.05) is 18.4 Å². The Morgan fingerprint density at radius 1 is 0.791 bits per heavy atom. The molecule has 3 aromatic rings. The minimum absolute atomic E-state index is 0.0241. The summed E-state index contributed by atoms with van der Waals surface area (Å²) in [7, 11) is 0.